The molecular formula is C15H24N2OS. The number of nitrogens with one attached hydrogen (secondary N) is 1. The molecule has 0 saturated heterocycles. The third-order valence-corrected chi connectivity index (χ3v) is 5.99. The van der Waals surface area contributed by atoms with E-state index in [4.69, 9.17) is 9.72 Å². The standard InChI is InChI=1S/C15H24N2OS/c1-3-16-11-7-6-8-12-13(11)19-14(17-12)15(18-2)9-4-5-10-15/h11,16H,3-10H2,1-2H3. The predicted molar refractivity (Wildman–Crippen MR) is 78.6 cm³/mol. The molecule has 4 heteroatoms. The summed E-state index contributed by atoms with van der Waals surface area (Å²) in [5, 5.41) is 4.84. The third kappa shape index (κ3) is 2.34. The number of hydrogen-bond acceptors (Lipinski definition) is 4. The Bertz CT molecular complexity index is 437. The van der Waals surface area contributed by atoms with Crippen molar-refractivity contribution in [2.75, 3.05) is 13.7 Å². The quantitative estimate of drug-likeness (QED) is 0.916. The Morgan fingerprint density at radius 2 is 2.16 bits per heavy atom. The van der Waals surface area contributed by atoms with Gasteiger partial charge in [0.2, 0.25) is 0 Å². The van der Waals surface area contributed by atoms with Crippen molar-refractivity contribution in [2.24, 2.45) is 0 Å². The van der Waals surface area contributed by atoms with Gasteiger partial charge in [-0.1, -0.05) is 19.8 Å². The second-order valence-corrected chi connectivity index (χ2v) is 6.77. The molecule has 0 radical (unpaired) electrons. The van der Waals surface area contributed by atoms with Crippen molar-refractivity contribution in [1.29, 1.82) is 0 Å². The van der Waals surface area contributed by atoms with Gasteiger partial charge in [-0.3, -0.25) is 0 Å². The van der Waals surface area contributed by atoms with Crippen LogP contribution in [0.1, 0.15) is 67.1 Å². The molecule has 1 N–H and O–H groups in total. The number of rotatable bonds is 4. The normalized spacial score (nSPS) is 25.5. The summed E-state index contributed by atoms with van der Waals surface area (Å²) in [6.45, 7) is 3.22. The average molecular weight is 280 g/mol. The number of methoxy groups -OCH3 is 1. The monoisotopic (exact) mass is 280 g/mol. The maximum Gasteiger partial charge on any atom is 0.125 e. The van der Waals surface area contributed by atoms with E-state index in [1.165, 1.54) is 41.3 Å². The van der Waals surface area contributed by atoms with E-state index in [0.29, 0.717) is 6.04 Å². The van der Waals surface area contributed by atoms with E-state index in [-0.39, 0.29) is 5.60 Å². The van der Waals surface area contributed by atoms with Gasteiger partial charge in [-0.15, -0.1) is 11.3 Å². The molecule has 2 aliphatic carbocycles. The van der Waals surface area contributed by atoms with Crippen LogP contribution in [-0.2, 0) is 16.8 Å². The van der Waals surface area contributed by atoms with Crippen LogP contribution in [0.4, 0.5) is 0 Å². The minimum Gasteiger partial charge on any atom is -0.371 e. The van der Waals surface area contributed by atoms with Crippen molar-refractivity contribution >= 4 is 11.3 Å². The maximum atomic E-state index is 5.89. The maximum absolute atomic E-state index is 5.89. The first kappa shape index (κ1) is 13.5. The fourth-order valence-corrected chi connectivity index (χ4v) is 4.95. The highest BCUT2D eigenvalue weighted by Gasteiger charge is 2.40. The molecule has 1 heterocycles. The fraction of sp³-hybridized carbons (Fsp3) is 0.800. The molecular weight excluding hydrogens is 256 g/mol. The molecule has 1 unspecified atom stereocenters. The molecule has 0 bridgehead atoms. The van der Waals surface area contributed by atoms with E-state index < -0.39 is 0 Å². The molecule has 3 rings (SSSR count). The van der Waals surface area contributed by atoms with Crippen LogP contribution in [0.25, 0.3) is 0 Å². The zero-order valence-corrected chi connectivity index (χ0v) is 12.8. The summed E-state index contributed by atoms with van der Waals surface area (Å²) in [6.07, 6.45) is 8.48. The van der Waals surface area contributed by atoms with Crippen molar-refractivity contribution in [3.8, 4) is 0 Å². The Morgan fingerprint density at radius 3 is 2.84 bits per heavy atom. The predicted octanol–water partition coefficient (Wildman–Crippen LogP) is 3.55. The van der Waals surface area contributed by atoms with Crippen LogP contribution < -0.4 is 5.32 Å². The first-order chi connectivity index (χ1) is 9.29. The lowest BCUT2D eigenvalue weighted by Crippen LogP contribution is -2.24. The van der Waals surface area contributed by atoms with Crippen LogP contribution in [0, 0.1) is 0 Å². The van der Waals surface area contributed by atoms with Crippen LogP contribution in [-0.4, -0.2) is 18.6 Å². The molecule has 1 fully saturated rings. The number of aryl methyl sites for hydroxylation is 1. The number of thiazole rings is 1. The number of hydrogen-bond donors (Lipinski definition) is 1. The van der Waals surface area contributed by atoms with Gasteiger partial charge in [0.15, 0.2) is 0 Å². The first-order valence-corrected chi connectivity index (χ1v) is 8.39. The van der Waals surface area contributed by atoms with Crippen molar-refractivity contribution in [2.45, 2.75) is 63.5 Å². The Morgan fingerprint density at radius 1 is 1.37 bits per heavy atom. The van der Waals surface area contributed by atoms with E-state index in [2.05, 4.69) is 12.2 Å². The van der Waals surface area contributed by atoms with Crippen molar-refractivity contribution < 1.29 is 4.74 Å². The molecule has 1 aromatic rings. The summed E-state index contributed by atoms with van der Waals surface area (Å²) < 4.78 is 5.89. The van der Waals surface area contributed by atoms with Crippen molar-refractivity contribution in [3.05, 3.63) is 15.6 Å². The molecule has 0 amide bonds. The summed E-state index contributed by atoms with van der Waals surface area (Å²) in [7, 11) is 1.85. The Labute approximate surface area is 119 Å². The fourth-order valence-electron chi connectivity index (χ4n) is 3.51. The average Bonchev–Trinajstić information content (AvgIpc) is 3.06. The minimum absolute atomic E-state index is 0.0707. The Hall–Kier alpha value is -0.450. The molecule has 106 valence electrons. The number of nitrogens with zero attached hydrogens (tertiary/aromatic N) is 1. The molecule has 0 spiro atoms. The number of fused-ring (bicyclic) bond motifs is 1. The summed E-state index contributed by atoms with van der Waals surface area (Å²) in [4.78, 5) is 6.44. The molecule has 19 heavy (non-hydrogen) atoms. The van der Waals surface area contributed by atoms with E-state index in [0.717, 1.165) is 25.8 Å². The van der Waals surface area contributed by atoms with Crippen LogP contribution in [0.3, 0.4) is 0 Å². The highest BCUT2D eigenvalue weighted by Crippen LogP contribution is 2.46. The molecule has 1 saturated carbocycles. The van der Waals surface area contributed by atoms with Gasteiger partial charge in [-0.2, -0.15) is 0 Å². The molecule has 1 aromatic heterocycles. The molecule has 1 atom stereocenters. The molecule has 0 aromatic carbocycles. The summed E-state index contributed by atoms with van der Waals surface area (Å²) in [6, 6.07) is 0.523. The van der Waals surface area contributed by atoms with Crippen molar-refractivity contribution in [3.63, 3.8) is 0 Å². The largest absolute Gasteiger partial charge is 0.371 e. The third-order valence-electron chi connectivity index (χ3n) is 4.59. The lowest BCUT2D eigenvalue weighted by Gasteiger charge is -2.24. The van der Waals surface area contributed by atoms with Crippen LogP contribution in [0.2, 0.25) is 0 Å². The van der Waals surface area contributed by atoms with E-state index in [1.54, 1.807) is 0 Å². The molecule has 3 nitrogen and oxygen atoms in total. The van der Waals surface area contributed by atoms with Gasteiger partial charge in [0.1, 0.15) is 10.6 Å². The lowest BCUT2D eigenvalue weighted by molar-refractivity contribution is -0.00896. The van der Waals surface area contributed by atoms with Gasteiger partial charge in [-0.05, 0) is 38.6 Å². The Kier molecular flexibility index (Phi) is 3.92. The van der Waals surface area contributed by atoms with Crippen LogP contribution >= 0.6 is 11.3 Å². The molecule has 2 aliphatic rings. The highest BCUT2D eigenvalue weighted by molar-refractivity contribution is 7.12. The summed E-state index contributed by atoms with van der Waals surface area (Å²) >= 11 is 1.91. The second-order valence-electron chi connectivity index (χ2n) is 5.74. The van der Waals surface area contributed by atoms with Crippen molar-refractivity contribution in [1.82, 2.24) is 10.3 Å². The Balaban J connectivity index is 1.92. The van der Waals surface area contributed by atoms with E-state index >= 15 is 0 Å². The first-order valence-electron chi connectivity index (χ1n) is 7.57. The molecule has 0 aliphatic heterocycles. The second kappa shape index (κ2) is 5.51. The van der Waals surface area contributed by atoms with Gasteiger partial charge in [0.05, 0.1) is 5.69 Å². The van der Waals surface area contributed by atoms with E-state index in [9.17, 15) is 0 Å². The number of aromatic nitrogens is 1. The SMILES string of the molecule is CCNC1CCCc2nc(C3(OC)CCCC3)sc21. The van der Waals surface area contributed by atoms with Gasteiger partial charge in [0, 0.05) is 18.0 Å². The minimum atomic E-state index is -0.0707. The van der Waals surface area contributed by atoms with Gasteiger partial charge in [-0.25, -0.2) is 4.98 Å². The van der Waals surface area contributed by atoms with Gasteiger partial charge in [0.25, 0.3) is 0 Å². The topological polar surface area (TPSA) is 34.2 Å². The van der Waals surface area contributed by atoms with E-state index in [1.807, 2.05) is 18.4 Å². The smallest absolute Gasteiger partial charge is 0.125 e. The van der Waals surface area contributed by atoms with Crippen LogP contribution in [0.15, 0.2) is 0 Å². The van der Waals surface area contributed by atoms with Gasteiger partial charge >= 0.3 is 0 Å². The highest BCUT2D eigenvalue weighted by atomic mass is 32.1. The summed E-state index contributed by atoms with van der Waals surface area (Å²) in [5.74, 6) is 0. The van der Waals surface area contributed by atoms with Crippen LogP contribution in [0.5, 0.6) is 0 Å². The van der Waals surface area contributed by atoms with Gasteiger partial charge < -0.3 is 10.1 Å². The zero-order valence-electron chi connectivity index (χ0n) is 12.0. The number of ether oxygens (including phenoxy) is 1. The zero-order chi connectivity index (χ0) is 13.3. The lowest BCUT2D eigenvalue weighted by atomic mass is 9.98. The summed E-state index contributed by atoms with van der Waals surface area (Å²) in [5.41, 5.74) is 1.26.